The summed E-state index contributed by atoms with van der Waals surface area (Å²) in [5.41, 5.74) is 3.72. The standard InChI is InChI=1S/C22H24N4O2/c1-27-19-8-7-16(15-20(19)28-2)9-12-23-21-10-13-24-22(25-21)26-14-11-17-5-3-4-6-18(17)26/h3-8,10,13,15H,9,11-12,14H2,1-2H3,(H,23,24,25). The smallest absolute Gasteiger partial charge is 0.231 e. The maximum atomic E-state index is 5.37. The molecule has 0 atom stereocenters. The highest BCUT2D eigenvalue weighted by Gasteiger charge is 2.21. The van der Waals surface area contributed by atoms with Crippen LogP contribution in [0.5, 0.6) is 11.5 Å². The summed E-state index contributed by atoms with van der Waals surface area (Å²) in [4.78, 5) is 11.4. The molecule has 3 aromatic rings. The fraction of sp³-hybridized carbons (Fsp3) is 0.273. The summed E-state index contributed by atoms with van der Waals surface area (Å²) in [6.45, 7) is 1.68. The van der Waals surface area contributed by atoms with Gasteiger partial charge >= 0.3 is 0 Å². The lowest BCUT2D eigenvalue weighted by molar-refractivity contribution is 0.354. The number of benzene rings is 2. The highest BCUT2D eigenvalue weighted by molar-refractivity contribution is 5.66. The minimum Gasteiger partial charge on any atom is -0.493 e. The van der Waals surface area contributed by atoms with Crippen LogP contribution >= 0.6 is 0 Å². The summed E-state index contributed by atoms with van der Waals surface area (Å²) in [7, 11) is 3.29. The number of hydrogen-bond donors (Lipinski definition) is 1. The van der Waals surface area contributed by atoms with Crippen molar-refractivity contribution in [1.29, 1.82) is 0 Å². The fourth-order valence-corrected chi connectivity index (χ4v) is 3.49. The average molecular weight is 376 g/mol. The number of methoxy groups -OCH3 is 2. The van der Waals surface area contributed by atoms with Crippen LogP contribution in [0.15, 0.2) is 54.7 Å². The van der Waals surface area contributed by atoms with Crippen molar-refractivity contribution in [2.24, 2.45) is 0 Å². The van der Waals surface area contributed by atoms with Gasteiger partial charge in [0.2, 0.25) is 5.95 Å². The largest absolute Gasteiger partial charge is 0.493 e. The average Bonchev–Trinajstić information content (AvgIpc) is 3.18. The van der Waals surface area contributed by atoms with Gasteiger partial charge in [-0.15, -0.1) is 0 Å². The van der Waals surface area contributed by atoms with Crippen molar-refractivity contribution in [3.63, 3.8) is 0 Å². The first-order chi connectivity index (χ1) is 13.8. The van der Waals surface area contributed by atoms with E-state index in [0.29, 0.717) is 0 Å². The van der Waals surface area contributed by atoms with Gasteiger partial charge in [0.15, 0.2) is 11.5 Å². The highest BCUT2D eigenvalue weighted by Crippen LogP contribution is 2.32. The Bertz CT molecular complexity index is 961. The van der Waals surface area contributed by atoms with E-state index < -0.39 is 0 Å². The van der Waals surface area contributed by atoms with E-state index in [1.807, 2.05) is 24.4 Å². The van der Waals surface area contributed by atoms with Gasteiger partial charge in [-0.3, -0.25) is 0 Å². The summed E-state index contributed by atoms with van der Waals surface area (Å²) < 4.78 is 10.7. The fourth-order valence-electron chi connectivity index (χ4n) is 3.49. The lowest BCUT2D eigenvalue weighted by Crippen LogP contribution is -2.17. The van der Waals surface area contributed by atoms with E-state index in [9.17, 15) is 0 Å². The van der Waals surface area contributed by atoms with Gasteiger partial charge < -0.3 is 19.7 Å². The van der Waals surface area contributed by atoms with Crippen molar-refractivity contribution in [2.45, 2.75) is 12.8 Å². The van der Waals surface area contributed by atoms with E-state index in [4.69, 9.17) is 14.5 Å². The maximum absolute atomic E-state index is 5.37. The van der Waals surface area contributed by atoms with Crippen LogP contribution in [0.2, 0.25) is 0 Å². The van der Waals surface area contributed by atoms with Crippen LogP contribution in [-0.2, 0) is 12.8 Å². The van der Waals surface area contributed by atoms with E-state index in [2.05, 4.69) is 45.5 Å². The number of nitrogens with zero attached hydrogens (tertiary/aromatic N) is 3. The third-order valence-electron chi connectivity index (χ3n) is 4.94. The number of ether oxygens (including phenoxy) is 2. The number of nitrogens with one attached hydrogen (secondary N) is 1. The first-order valence-corrected chi connectivity index (χ1v) is 9.42. The molecule has 0 unspecified atom stereocenters. The molecule has 4 rings (SSSR count). The first kappa shape index (κ1) is 18.1. The van der Waals surface area contributed by atoms with Crippen molar-refractivity contribution < 1.29 is 9.47 Å². The second kappa shape index (κ2) is 8.17. The van der Waals surface area contributed by atoms with Crippen molar-refractivity contribution in [2.75, 3.05) is 37.5 Å². The predicted octanol–water partition coefficient (Wildman–Crippen LogP) is 3.84. The van der Waals surface area contributed by atoms with Crippen molar-refractivity contribution in [1.82, 2.24) is 9.97 Å². The molecule has 1 aliphatic heterocycles. The summed E-state index contributed by atoms with van der Waals surface area (Å²) in [6.07, 6.45) is 3.69. The van der Waals surface area contributed by atoms with Gasteiger partial charge in [-0.25, -0.2) is 4.98 Å². The quantitative estimate of drug-likeness (QED) is 0.676. The lowest BCUT2D eigenvalue weighted by Gasteiger charge is -2.17. The molecule has 0 radical (unpaired) electrons. The summed E-state index contributed by atoms with van der Waals surface area (Å²) in [6, 6.07) is 16.3. The summed E-state index contributed by atoms with van der Waals surface area (Å²) >= 11 is 0. The Hall–Kier alpha value is -3.28. The van der Waals surface area contributed by atoms with E-state index >= 15 is 0 Å². The summed E-state index contributed by atoms with van der Waals surface area (Å²) in [5, 5.41) is 3.40. The number of fused-ring (bicyclic) bond motifs is 1. The minimum atomic E-state index is 0.737. The molecule has 2 aromatic carbocycles. The highest BCUT2D eigenvalue weighted by atomic mass is 16.5. The molecule has 144 valence electrons. The Morgan fingerprint density at radius 3 is 2.75 bits per heavy atom. The van der Waals surface area contributed by atoms with Crippen LogP contribution in [0, 0.1) is 0 Å². The Labute approximate surface area is 165 Å². The molecular weight excluding hydrogens is 352 g/mol. The number of rotatable bonds is 7. The van der Waals surface area contributed by atoms with Gasteiger partial charge in [0.1, 0.15) is 5.82 Å². The molecule has 1 aromatic heterocycles. The minimum absolute atomic E-state index is 0.737. The van der Waals surface area contributed by atoms with E-state index in [0.717, 1.165) is 49.2 Å². The molecule has 1 aliphatic rings. The van der Waals surface area contributed by atoms with E-state index in [-0.39, 0.29) is 0 Å². The molecule has 28 heavy (non-hydrogen) atoms. The van der Waals surface area contributed by atoms with Gasteiger partial charge in [-0.1, -0.05) is 24.3 Å². The molecule has 1 N–H and O–H groups in total. The van der Waals surface area contributed by atoms with Gasteiger partial charge in [-0.2, -0.15) is 4.98 Å². The second-order valence-electron chi connectivity index (χ2n) is 6.64. The molecule has 6 heteroatoms. The van der Waals surface area contributed by atoms with Crippen molar-refractivity contribution in [3.8, 4) is 11.5 Å². The molecule has 0 saturated carbocycles. The van der Waals surface area contributed by atoms with Crippen LogP contribution in [0.25, 0.3) is 0 Å². The number of aromatic nitrogens is 2. The number of hydrogen-bond acceptors (Lipinski definition) is 6. The molecule has 2 heterocycles. The second-order valence-corrected chi connectivity index (χ2v) is 6.64. The Morgan fingerprint density at radius 1 is 1.04 bits per heavy atom. The molecule has 0 aliphatic carbocycles. The molecule has 0 bridgehead atoms. The van der Waals surface area contributed by atoms with E-state index in [1.165, 1.54) is 16.8 Å². The summed E-state index contributed by atoms with van der Waals surface area (Å²) in [5.74, 6) is 3.05. The normalized spacial score (nSPS) is 12.6. The molecule has 0 amide bonds. The third-order valence-corrected chi connectivity index (χ3v) is 4.94. The predicted molar refractivity (Wildman–Crippen MR) is 111 cm³/mol. The Balaban J connectivity index is 1.41. The van der Waals surface area contributed by atoms with Crippen LogP contribution in [0.4, 0.5) is 17.5 Å². The Morgan fingerprint density at radius 2 is 1.89 bits per heavy atom. The topological polar surface area (TPSA) is 59.5 Å². The van der Waals surface area contributed by atoms with Crippen LogP contribution < -0.4 is 19.7 Å². The SMILES string of the molecule is COc1ccc(CCNc2ccnc(N3CCc4ccccc43)n2)cc1OC. The Kier molecular flexibility index (Phi) is 5.28. The molecule has 0 spiro atoms. The van der Waals surface area contributed by atoms with E-state index in [1.54, 1.807) is 14.2 Å². The lowest BCUT2D eigenvalue weighted by atomic mass is 10.1. The van der Waals surface area contributed by atoms with Crippen LogP contribution in [0.3, 0.4) is 0 Å². The zero-order valence-corrected chi connectivity index (χ0v) is 16.2. The maximum Gasteiger partial charge on any atom is 0.231 e. The van der Waals surface area contributed by atoms with Crippen molar-refractivity contribution in [3.05, 3.63) is 65.9 Å². The van der Waals surface area contributed by atoms with Crippen molar-refractivity contribution >= 4 is 17.5 Å². The van der Waals surface area contributed by atoms with Gasteiger partial charge in [0.05, 0.1) is 14.2 Å². The van der Waals surface area contributed by atoms with Crippen LogP contribution in [0.1, 0.15) is 11.1 Å². The zero-order chi connectivity index (χ0) is 19.3. The first-order valence-electron chi connectivity index (χ1n) is 9.42. The number of para-hydroxylation sites is 1. The monoisotopic (exact) mass is 376 g/mol. The molecule has 6 nitrogen and oxygen atoms in total. The van der Waals surface area contributed by atoms with Gasteiger partial charge in [0, 0.05) is 25.0 Å². The number of anilines is 3. The van der Waals surface area contributed by atoms with Crippen LogP contribution in [-0.4, -0.2) is 37.3 Å². The third kappa shape index (κ3) is 3.71. The zero-order valence-electron chi connectivity index (χ0n) is 16.2. The molecular formula is C22H24N4O2. The molecule has 0 fully saturated rings. The van der Waals surface area contributed by atoms with Gasteiger partial charge in [-0.05, 0) is 48.2 Å². The van der Waals surface area contributed by atoms with Gasteiger partial charge in [0.25, 0.3) is 0 Å². The molecule has 0 saturated heterocycles.